The van der Waals surface area contributed by atoms with Crippen LogP contribution in [-0.4, -0.2) is 78.7 Å². The molecule has 1 fully saturated rings. The van der Waals surface area contributed by atoms with Gasteiger partial charge in [-0.25, -0.2) is 9.97 Å². The Labute approximate surface area is 258 Å². The number of piperidine rings is 1. The van der Waals surface area contributed by atoms with E-state index in [1.54, 1.807) is 4.90 Å². The van der Waals surface area contributed by atoms with E-state index in [0.29, 0.717) is 32.1 Å². The number of hydrogen-bond donors (Lipinski definition) is 3. The van der Waals surface area contributed by atoms with Crippen molar-refractivity contribution >= 4 is 46.4 Å². The average Bonchev–Trinajstić information content (AvgIpc) is 3.03. The predicted molar refractivity (Wildman–Crippen MR) is 157 cm³/mol. The maximum atomic E-state index is 13.8. The molecule has 1 atom stereocenters. The molecule has 4 rings (SSSR count). The molecule has 2 amide bonds. The van der Waals surface area contributed by atoms with Crippen LogP contribution < -0.4 is 25.0 Å². The first-order valence-corrected chi connectivity index (χ1v) is 14.4. The van der Waals surface area contributed by atoms with E-state index in [0.717, 1.165) is 4.31 Å². The van der Waals surface area contributed by atoms with Crippen molar-refractivity contribution in [2.45, 2.75) is 31.6 Å². The van der Waals surface area contributed by atoms with Gasteiger partial charge in [-0.3, -0.25) is 23.1 Å². The molecule has 14 nitrogen and oxygen atoms in total. The number of carbonyl (C=O) groups excluding carboxylic acids is 2. The fraction of sp³-hybridized carbons (Fsp3) is 0.333. The molecule has 0 bridgehead atoms. The van der Waals surface area contributed by atoms with Crippen LogP contribution in [0.1, 0.15) is 34.5 Å². The Bertz CT molecular complexity index is 1590. The van der Waals surface area contributed by atoms with Crippen LogP contribution >= 0.6 is 0 Å². The van der Waals surface area contributed by atoms with Gasteiger partial charge in [0.25, 0.3) is 5.91 Å². The maximum absolute atomic E-state index is 13.8. The number of alkyl halides is 3. The molecule has 18 heteroatoms. The van der Waals surface area contributed by atoms with E-state index in [4.69, 9.17) is 4.74 Å². The minimum absolute atomic E-state index is 0.0526. The summed E-state index contributed by atoms with van der Waals surface area (Å²) in [6, 6.07) is 4.33. The molecular weight excluding hydrogens is 619 g/mol. The SMILES string of the molecule is C=CC(=O)N1CCC(NC(=O)c2ccc(Nc3ncc(C(F)(F)F)c(NCc4nccnc4N(C)S(=O)[O-])n3)c(OC)c2)CC1. The summed E-state index contributed by atoms with van der Waals surface area (Å²) < 4.78 is 70.3. The number of hydrogen-bond acceptors (Lipinski definition) is 11. The van der Waals surface area contributed by atoms with Gasteiger partial charge in [0.1, 0.15) is 22.8 Å². The largest absolute Gasteiger partial charge is 0.755 e. The van der Waals surface area contributed by atoms with Crippen LogP contribution in [0.5, 0.6) is 5.75 Å². The molecule has 1 aliphatic heterocycles. The van der Waals surface area contributed by atoms with Crippen molar-refractivity contribution in [2.24, 2.45) is 0 Å². The van der Waals surface area contributed by atoms with E-state index in [1.807, 2.05) is 0 Å². The Hall–Kier alpha value is -4.84. The number of carbonyl (C=O) groups is 2. The molecule has 3 N–H and O–H groups in total. The molecular formula is C27H29F3N9O5S-. The number of methoxy groups -OCH3 is 1. The monoisotopic (exact) mass is 648 g/mol. The van der Waals surface area contributed by atoms with Crippen LogP contribution in [0.3, 0.4) is 0 Å². The lowest BCUT2D eigenvalue weighted by Crippen LogP contribution is -2.46. The first-order chi connectivity index (χ1) is 21.4. The number of likely N-dealkylation sites (tertiary alicyclic amines) is 1. The van der Waals surface area contributed by atoms with E-state index < -0.39 is 28.8 Å². The normalized spacial score (nSPS) is 14.3. The van der Waals surface area contributed by atoms with Crippen molar-refractivity contribution < 1.29 is 36.3 Å². The highest BCUT2D eigenvalue weighted by molar-refractivity contribution is 7.80. The van der Waals surface area contributed by atoms with Crippen molar-refractivity contribution in [1.29, 1.82) is 0 Å². The molecule has 0 spiro atoms. The first kappa shape index (κ1) is 33.1. The smallest absolute Gasteiger partial charge is 0.421 e. The summed E-state index contributed by atoms with van der Waals surface area (Å²) in [7, 11) is 2.57. The molecule has 2 aromatic heterocycles. The highest BCUT2D eigenvalue weighted by Crippen LogP contribution is 2.35. The van der Waals surface area contributed by atoms with Gasteiger partial charge in [0, 0.05) is 61.6 Å². The highest BCUT2D eigenvalue weighted by atomic mass is 32.2. The second-order valence-corrected chi connectivity index (χ2v) is 10.6. The molecule has 240 valence electrons. The fourth-order valence-electron chi connectivity index (χ4n) is 4.47. The van der Waals surface area contributed by atoms with Gasteiger partial charge in [-0.1, -0.05) is 6.58 Å². The number of ether oxygens (including phenoxy) is 1. The second-order valence-electron chi connectivity index (χ2n) is 9.67. The minimum atomic E-state index is -4.82. The number of rotatable bonds is 11. The zero-order chi connectivity index (χ0) is 32.7. The molecule has 45 heavy (non-hydrogen) atoms. The molecule has 1 aliphatic rings. The predicted octanol–water partition coefficient (Wildman–Crippen LogP) is 2.79. The molecule has 1 unspecified atom stereocenters. The number of nitrogens with zero attached hydrogens (tertiary/aromatic N) is 6. The number of amides is 2. The van der Waals surface area contributed by atoms with Crippen LogP contribution in [0.4, 0.5) is 36.4 Å². The van der Waals surface area contributed by atoms with Gasteiger partial charge in [0.05, 0.1) is 19.3 Å². The summed E-state index contributed by atoms with van der Waals surface area (Å²) in [5.41, 5.74) is -0.567. The number of nitrogens with one attached hydrogen (secondary N) is 3. The van der Waals surface area contributed by atoms with Gasteiger partial charge < -0.3 is 30.1 Å². The summed E-state index contributed by atoms with van der Waals surface area (Å²) >= 11 is -2.69. The number of halogens is 3. The summed E-state index contributed by atoms with van der Waals surface area (Å²) in [6.45, 7) is 4.12. The van der Waals surface area contributed by atoms with Crippen LogP contribution in [0, 0.1) is 0 Å². The molecule has 1 saturated heterocycles. The van der Waals surface area contributed by atoms with E-state index in [9.17, 15) is 31.5 Å². The Morgan fingerprint density at radius 2 is 1.93 bits per heavy atom. The van der Waals surface area contributed by atoms with Gasteiger partial charge in [0.2, 0.25) is 11.9 Å². The van der Waals surface area contributed by atoms with Crippen LogP contribution in [0.25, 0.3) is 0 Å². The van der Waals surface area contributed by atoms with Crippen LogP contribution in [0.15, 0.2) is 49.4 Å². The van der Waals surface area contributed by atoms with Crippen LogP contribution in [0.2, 0.25) is 0 Å². The molecule has 3 aromatic rings. The zero-order valence-corrected chi connectivity index (χ0v) is 24.9. The molecule has 0 radical (unpaired) electrons. The third-order valence-electron chi connectivity index (χ3n) is 6.82. The average molecular weight is 649 g/mol. The number of aromatic nitrogens is 4. The van der Waals surface area contributed by atoms with Crippen molar-refractivity contribution in [1.82, 2.24) is 30.2 Å². The minimum Gasteiger partial charge on any atom is -0.755 e. The first-order valence-electron chi connectivity index (χ1n) is 13.4. The van der Waals surface area contributed by atoms with Gasteiger partial charge in [0.15, 0.2) is 5.82 Å². The van der Waals surface area contributed by atoms with Gasteiger partial charge in [-0.05, 0) is 37.1 Å². The fourth-order valence-corrected chi connectivity index (χ4v) is 4.76. The van der Waals surface area contributed by atoms with Crippen molar-refractivity contribution in [3.63, 3.8) is 0 Å². The van der Waals surface area contributed by atoms with Crippen LogP contribution in [-0.2, 0) is 28.8 Å². The number of anilines is 4. The zero-order valence-electron chi connectivity index (χ0n) is 24.1. The van der Waals surface area contributed by atoms with Crippen molar-refractivity contribution in [3.05, 3.63) is 66.3 Å². The third-order valence-corrected chi connectivity index (χ3v) is 7.44. The van der Waals surface area contributed by atoms with E-state index in [-0.39, 0.29) is 58.9 Å². The van der Waals surface area contributed by atoms with E-state index in [1.165, 1.54) is 50.8 Å². The Morgan fingerprint density at radius 1 is 1.22 bits per heavy atom. The second kappa shape index (κ2) is 14.3. The summed E-state index contributed by atoms with van der Waals surface area (Å²) in [6.07, 6.45) is 0.708. The Morgan fingerprint density at radius 3 is 2.58 bits per heavy atom. The standard InChI is InChI=1S/C27H30F3N9O5S/c1-4-22(40)39-11-7-17(8-12-39)35-25(41)16-5-6-19(21(13-16)44-3)36-26-34-14-18(27(28,29)30)23(37-26)33-15-20-24(32-10-9-31-20)38(2)45(42)43/h4-6,9-10,13-14,17H,1,7-8,11-12,15H2,2-3H3,(H,35,41)(H,42,43)(H2,33,34,36,37)/p-1. The Kier molecular flexibility index (Phi) is 10.5. The summed E-state index contributed by atoms with van der Waals surface area (Å²) in [5.74, 6) is -1.22. The van der Waals surface area contributed by atoms with E-state index in [2.05, 4.69) is 42.5 Å². The summed E-state index contributed by atoms with van der Waals surface area (Å²) in [5, 5.41) is 8.29. The molecule has 3 heterocycles. The number of benzene rings is 1. The molecule has 0 aliphatic carbocycles. The van der Waals surface area contributed by atoms with E-state index >= 15 is 0 Å². The lowest BCUT2D eigenvalue weighted by molar-refractivity contribution is -0.137. The lowest BCUT2D eigenvalue weighted by Gasteiger charge is -2.31. The summed E-state index contributed by atoms with van der Waals surface area (Å²) in [4.78, 5) is 42.1. The highest BCUT2D eigenvalue weighted by Gasteiger charge is 2.35. The Balaban J connectivity index is 1.50. The van der Waals surface area contributed by atoms with Gasteiger partial charge in [-0.2, -0.15) is 18.2 Å². The topological polar surface area (TPSA) is 178 Å². The quantitative estimate of drug-likeness (QED) is 0.206. The maximum Gasteiger partial charge on any atom is 0.421 e. The van der Waals surface area contributed by atoms with Gasteiger partial charge in [-0.15, -0.1) is 0 Å². The molecule has 1 aromatic carbocycles. The third kappa shape index (κ3) is 8.21. The van der Waals surface area contributed by atoms with Crippen molar-refractivity contribution in [3.8, 4) is 5.75 Å². The lowest BCUT2D eigenvalue weighted by atomic mass is 10.0. The molecule has 0 saturated carbocycles. The van der Waals surface area contributed by atoms with Crippen molar-refractivity contribution in [2.75, 3.05) is 42.2 Å². The van der Waals surface area contributed by atoms with Gasteiger partial charge >= 0.3 is 6.18 Å².